The summed E-state index contributed by atoms with van der Waals surface area (Å²) in [7, 11) is 1.58. The van der Waals surface area contributed by atoms with Crippen LogP contribution in [0.25, 0.3) is 16.5 Å². The number of hydrogen-bond donors (Lipinski definition) is 0. The number of methoxy groups -OCH3 is 1. The van der Waals surface area contributed by atoms with Crippen LogP contribution in [0.15, 0.2) is 59.5 Å². The molecule has 0 radical (unpaired) electrons. The average molecular weight is 367 g/mol. The number of fused-ring (bicyclic) bond motifs is 1. The molecule has 0 saturated heterocycles. The second-order valence-corrected chi connectivity index (χ2v) is 5.79. The average Bonchev–Trinajstić information content (AvgIpc) is 2.72. The standard InChI is InChI=1S/C21H21NO5/c1-3-26-12-13-27-21(24)19-14-22(15-8-10-16(25-2)11-9-15)20(23)18-7-5-4-6-17(18)19/h4-11,14H,3,12-13H2,1-2H3. The van der Waals surface area contributed by atoms with Gasteiger partial charge in [-0.15, -0.1) is 0 Å². The van der Waals surface area contributed by atoms with E-state index in [1.54, 1.807) is 55.6 Å². The second kappa shape index (κ2) is 8.51. The van der Waals surface area contributed by atoms with Gasteiger partial charge < -0.3 is 14.2 Å². The molecule has 0 bridgehead atoms. The quantitative estimate of drug-likeness (QED) is 0.474. The van der Waals surface area contributed by atoms with Crippen LogP contribution in [0.4, 0.5) is 0 Å². The van der Waals surface area contributed by atoms with Crippen molar-refractivity contribution in [2.45, 2.75) is 6.92 Å². The van der Waals surface area contributed by atoms with Gasteiger partial charge in [0, 0.05) is 29.3 Å². The van der Waals surface area contributed by atoms with E-state index in [4.69, 9.17) is 14.2 Å². The molecule has 140 valence electrons. The molecule has 0 atom stereocenters. The number of nitrogens with zero attached hydrogens (tertiary/aromatic N) is 1. The van der Waals surface area contributed by atoms with Crippen LogP contribution in [-0.4, -0.2) is 37.5 Å². The summed E-state index contributed by atoms with van der Waals surface area (Å²) >= 11 is 0. The third kappa shape index (κ3) is 4.01. The molecule has 6 nitrogen and oxygen atoms in total. The summed E-state index contributed by atoms with van der Waals surface area (Å²) in [4.78, 5) is 25.5. The van der Waals surface area contributed by atoms with Crippen LogP contribution >= 0.6 is 0 Å². The summed E-state index contributed by atoms with van der Waals surface area (Å²) < 4.78 is 17.1. The van der Waals surface area contributed by atoms with Gasteiger partial charge in [-0.25, -0.2) is 4.79 Å². The lowest BCUT2D eigenvalue weighted by Crippen LogP contribution is -2.21. The highest BCUT2D eigenvalue weighted by molar-refractivity contribution is 6.04. The first kappa shape index (κ1) is 18.7. The Balaban J connectivity index is 2.05. The van der Waals surface area contributed by atoms with E-state index in [9.17, 15) is 9.59 Å². The molecule has 2 aromatic carbocycles. The van der Waals surface area contributed by atoms with E-state index in [-0.39, 0.29) is 12.2 Å². The van der Waals surface area contributed by atoms with Gasteiger partial charge in [-0.05, 0) is 37.3 Å². The van der Waals surface area contributed by atoms with Gasteiger partial charge in [0.25, 0.3) is 5.56 Å². The Labute approximate surface area is 156 Å². The van der Waals surface area contributed by atoms with Crippen molar-refractivity contribution in [2.75, 3.05) is 26.9 Å². The molecule has 6 heteroatoms. The number of aromatic nitrogens is 1. The molecule has 0 amide bonds. The number of esters is 1. The molecule has 3 aromatic rings. The van der Waals surface area contributed by atoms with Crippen molar-refractivity contribution >= 4 is 16.7 Å². The van der Waals surface area contributed by atoms with E-state index >= 15 is 0 Å². The first-order chi connectivity index (χ1) is 13.2. The van der Waals surface area contributed by atoms with E-state index in [0.29, 0.717) is 41.0 Å². The lowest BCUT2D eigenvalue weighted by atomic mass is 10.1. The monoisotopic (exact) mass is 367 g/mol. The van der Waals surface area contributed by atoms with Gasteiger partial charge in [-0.2, -0.15) is 0 Å². The summed E-state index contributed by atoms with van der Waals surface area (Å²) in [6, 6.07) is 14.1. The Kier molecular flexibility index (Phi) is 5.88. The smallest absolute Gasteiger partial charge is 0.340 e. The van der Waals surface area contributed by atoms with E-state index < -0.39 is 5.97 Å². The molecule has 0 unspecified atom stereocenters. The maximum Gasteiger partial charge on any atom is 0.340 e. The van der Waals surface area contributed by atoms with Gasteiger partial charge in [0.1, 0.15) is 12.4 Å². The Hall–Kier alpha value is -3.12. The molecule has 0 saturated carbocycles. The molecular formula is C21H21NO5. The number of carbonyl (C=O) groups is 1. The molecule has 0 aliphatic rings. The highest BCUT2D eigenvalue weighted by Crippen LogP contribution is 2.20. The van der Waals surface area contributed by atoms with Crippen molar-refractivity contribution in [2.24, 2.45) is 0 Å². The van der Waals surface area contributed by atoms with Crippen LogP contribution in [0.3, 0.4) is 0 Å². The zero-order valence-electron chi connectivity index (χ0n) is 15.3. The van der Waals surface area contributed by atoms with Crippen LogP contribution in [0.1, 0.15) is 17.3 Å². The van der Waals surface area contributed by atoms with Crippen molar-refractivity contribution in [1.29, 1.82) is 0 Å². The first-order valence-electron chi connectivity index (χ1n) is 8.69. The van der Waals surface area contributed by atoms with E-state index in [1.165, 1.54) is 10.8 Å². The van der Waals surface area contributed by atoms with Crippen LogP contribution in [-0.2, 0) is 9.47 Å². The largest absolute Gasteiger partial charge is 0.497 e. The lowest BCUT2D eigenvalue weighted by Gasteiger charge is -2.12. The topological polar surface area (TPSA) is 66.8 Å². The molecule has 3 rings (SSSR count). The minimum atomic E-state index is -0.492. The summed E-state index contributed by atoms with van der Waals surface area (Å²) in [6.07, 6.45) is 1.52. The maximum atomic E-state index is 12.9. The summed E-state index contributed by atoms with van der Waals surface area (Å²) in [5.74, 6) is 0.191. The molecule has 0 N–H and O–H groups in total. The van der Waals surface area contributed by atoms with Crippen molar-refractivity contribution in [1.82, 2.24) is 4.57 Å². The molecule has 0 fully saturated rings. The Morgan fingerprint density at radius 3 is 2.37 bits per heavy atom. The van der Waals surface area contributed by atoms with Gasteiger partial charge in [0.15, 0.2) is 0 Å². The number of hydrogen-bond acceptors (Lipinski definition) is 5. The zero-order valence-corrected chi connectivity index (χ0v) is 15.3. The molecule has 27 heavy (non-hydrogen) atoms. The van der Waals surface area contributed by atoms with Gasteiger partial charge in [0.2, 0.25) is 0 Å². The number of ether oxygens (including phenoxy) is 3. The number of pyridine rings is 1. The minimum Gasteiger partial charge on any atom is -0.497 e. The first-order valence-corrected chi connectivity index (χ1v) is 8.69. The zero-order chi connectivity index (χ0) is 19.2. The van der Waals surface area contributed by atoms with Crippen molar-refractivity contribution in [3.63, 3.8) is 0 Å². The molecule has 0 aliphatic heterocycles. The fourth-order valence-corrected chi connectivity index (χ4v) is 2.80. The highest BCUT2D eigenvalue weighted by atomic mass is 16.6. The molecule has 0 aliphatic carbocycles. The van der Waals surface area contributed by atoms with Gasteiger partial charge in [-0.1, -0.05) is 18.2 Å². The van der Waals surface area contributed by atoms with Gasteiger partial charge in [0.05, 0.1) is 19.3 Å². The van der Waals surface area contributed by atoms with Crippen LogP contribution in [0, 0.1) is 0 Å². The van der Waals surface area contributed by atoms with E-state index in [2.05, 4.69) is 0 Å². The number of carbonyl (C=O) groups excluding carboxylic acids is 1. The molecule has 0 spiro atoms. The summed E-state index contributed by atoms with van der Waals surface area (Å²) in [5.41, 5.74) is 0.758. The van der Waals surface area contributed by atoms with Crippen LogP contribution in [0.2, 0.25) is 0 Å². The number of benzene rings is 2. The van der Waals surface area contributed by atoms with Crippen molar-refractivity contribution < 1.29 is 19.0 Å². The summed E-state index contributed by atoms with van der Waals surface area (Å²) in [5, 5.41) is 1.02. The van der Waals surface area contributed by atoms with Crippen molar-refractivity contribution in [3.05, 3.63) is 70.6 Å². The Morgan fingerprint density at radius 2 is 1.70 bits per heavy atom. The van der Waals surface area contributed by atoms with Gasteiger partial charge >= 0.3 is 5.97 Å². The van der Waals surface area contributed by atoms with Crippen molar-refractivity contribution in [3.8, 4) is 11.4 Å². The maximum absolute atomic E-state index is 12.9. The molecular weight excluding hydrogens is 346 g/mol. The van der Waals surface area contributed by atoms with E-state index in [1.807, 2.05) is 6.92 Å². The lowest BCUT2D eigenvalue weighted by molar-refractivity contribution is 0.0337. The predicted octanol–water partition coefficient (Wildman–Crippen LogP) is 3.19. The Morgan fingerprint density at radius 1 is 1.00 bits per heavy atom. The van der Waals surface area contributed by atoms with Crippen LogP contribution in [0.5, 0.6) is 5.75 Å². The third-order valence-electron chi connectivity index (χ3n) is 4.16. The highest BCUT2D eigenvalue weighted by Gasteiger charge is 2.16. The van der Waals surface area contributed by atoms with Crippen LogP contribution < -0.4 is 10.3 Å². The third-order valence-corrected chi connectivity index (χ3v) is 4.16. The Bertz CT molecular complexity index is 992. The molecule has 1 aromatic heterocycles. The van der Waals surface area contributed by atoms with Gasteiger partial charge in [-0.3, -0.25) is 9.36 Å². The fraction of sp³-hybridized carbons (Fsp3) is 0.238. The fourth-order valence-electron chi connectivity index (χ4n) is 2.80. The predicted molar refractivity (Wildman–Crippen MR) is 103 cm³/mol. The molecule has 1 heterocycles. The number of rotatable bonds is 7. The normalized spacial score (nSPS) is 10.7. The second-order valence-electron chi connectivity index (χ2n) is 5.79. The minimum absolute atomic E-state index is 0.155. The van der Waals surface area contributed by atoms with E-state index in [0.717, 1.165) is 0 Å². The SMILES string of the molecule is CCOCCOC(=O)c1cn(-c2ccc(OC)cc2)c(=O)c2ccccc12. The summed E-state index contributed by atoms with van der Waals surface area (Å²) in [6.45, 7) is 2.92.